The van der Waals surface area contributed by atoms with Crippen LogP contribution in [0.1, 0.15) is 12.0 Å². The number of rotatable bonds is 4. The van der Waals surface area contributed by atoms with E-state index in [-0.39, 0.29) is 19.6 Å². The molecule has 1 saturated heterocycles. The van der Waals surface area contributed by atoms with E-state index >= 15 is 0 Å². The minimum Gasteiger partial charge on any atom is -0.481 e. The van der Waals surface area contributed by atoms with Gasteiger partial charge in [-0.1, -0.05) is 30.3 Å². The van der Waals surface area contributed by atoms with Crippen LogP contribution in [0.5, 0.6) is 0 Å². The molecule has 112 valence electrons. The molecule has 7 nitrogen and oxygen atoms in total. The summed E-state index contributed by atoms with van der Waals surface area (Å²) in [7, 11) is 0. The Bertz CT molecular complexity index is 544. The first-order valence-electron chi connectivity index (χ1n) is 6.42. The molecule has 0 spiro atoms. The lowest BCUT2D eigenvalue weighted by Gasteiger charge is -2.20. The molecule has 0 radical (unpaired) electrons. The molecule has 0 aliphatic carbocycles. The van der Waals surface area contributed by atoms with E-state index in [9.17, 15) is 14.4 Å². The molecule has 21 heavy (non-hydrogen) atoms. The monoisotopic (exact) mass is 293 g/mol. The smallest absolute Gasteiger partial charge is 0.410 e. The maximum atomic E-state index is 11.9. The number of ether oxygens (including phenoxy) is 1. The highest BCUT2D eigenvalue weighted by molar-refractivity contribution is 5.83. The fraction of sp³-hybridized carbons (Fsp3) is 0.357. The number of amides is 1. The number of nitrogens with zero attached hydrogens (tertiary/aromatic N) is 1. The summed E-state index contributed by atoms with van der Waals surface area (Å²) in [6, 6.07) is 7.79. The minimum absolute atomic E-state index is 0.0141. The van der Waals surface area contributed by atoms with Gasteiger partial charge >= 0.3 is 18.0 Å². The zero-order valence-corrected chi connectivity index (χ0v) is 11.1. The van der Waals surface area contributed by atoms with Gasteiger partial charge in [-0.2, -0.15) is 0 Å². The van der Waals surface area contributed by atoms with Gasteiger partial charge in [0.15, 0.2) is 0 Å². The number of carboxylic acid groups (broad SMARTS) is 2. The Morgan fingerprint density at radius 2 is 1.81 bits per heavy atom. The number of carbonyl (C=O) groups excluding carboxylic acids is 1. The van der Waals surface area contributed by atoms with Gasteiger partial charge in [0.05, 0.1) is 5.92 Å². The van der Waals surface area contributed by atoms with Crippen LogP contribution < -0.4 is 0 Å². The van der Waals surface area contributed by atoms with Gasteiger partial charge in [0, 0.05) is 6.54 Å². The Morgan fingerprint density at radius 1 is 1.14 bits per heavy atom. The quantitative estimate of drug-likeness (QED) is 0.864. The Hall–Kier alpha value is -2.57. The van der Waals surface area contributed by atoms with Crippen molar-refractivity contribution in [2.75, 3.05) is 6.54 Å². The number of likely N-dealkylation sites (tertiary alicyclic amines) is 1. The van der Waals surface area contributed by atoms with Gasteiger partial charge < -0.3 is 14.9 Å². The molecule has 0 unspecified atom stereocenters. The molecule has 1 aromatic rings. The first kappa shape index (κ1) is 14.8. The highest BCUT2D eigenvalue weighted by Crippen LogP contribution is 2.24. The second-order valence-corrected chi connectivity index (χ2v) is 4.82. The molecule has 1 amide bonds. The lowest BCUT2D eigenvalue weighted by Crippen LogP contribution is -2.40. The highest BCUT2D eigenvalue weighted by Gasteiger charge is 2.43. The summed E-state index contributed by atoms with van der Waals surface area (Å²) in [5.41, 5.74) is 0.770. The summed E-state index contributed by atoms with van der Waals surface area (Å²) in [5, 5.41) is 18.0. The van der Waals surface area contributed by atoms with E-state index in [2.05, 4.69) is 0 Å². The second kappa shape index (κ2) is 6.25. The van der Waals surface area contributed by atoms with Gasteiger partial charge in [0.1, 0.15) is 12.6 Å². The molecule has 0 bridgehead atoms. The number of aliphatic carboxylic acids is 2. The molecule has 2 N–H and O–H groups in total. The third-order valence-electron chi connectivity index (χ3n) is 3.38. The summed E-state index contributed by atoms with van der Waals surface area (Å²) in [6.45, 7) is -0.139. The van der Waals surface area contributed by atoms with Gasteiger partial charge in [-0.25, -0.2) is 9.59 Å². The van der Waals surface area contributed by atoms with E-state index in [1.165, 1.54) is 0 Å². The Kier molecular flexibility index (Phi) is 4.42. The number of carboxylic acids is 2. The number of carbonyl (C=O) groups is 3. The van der Waals surface area contributed by atoms with Crippen molar-refractivity contribution in [3.8, 4) is 0 Å². The van der Waals surface area contributed by atoms with Crippen molar-refractivity contribution in [1.29, 1.82) is 0 Å². The molecule has 1 aliphatic rings. The Labute approximate surface area is 120 Å². The third kappa shape index (κ3) is 3.50. The largest absolute Gasteiger partial charge is 0.481 e. The van der Waals surface area contributed by atoms with Gasteiger partial charge in [0.25, 0.3) is 0 Å². The number of hydrogen-bond acceptors (Lipinski definition) is 4. The van der Waals surface area contributed by atoms with Crippen molar-refractivity contribution in [1.82, 2.24) is 4.90 Å². The number of hydrogen-bond donors (Lipinski definition) is 2. The van der Waals surface area contributed by atoms with Crippen LogP contribution in [0.25, 0.3) is 0 Å². The normalized spacial score (nSPS) is 21.0. The fourth-order valence-electron chi connectivity index (χ4n) is 2.25. The minimum atomic E-state index is -1.23. The van der Waals surface area contributed by atoms with Crippen molar-refractivity contribution in [3.63, 3.8) is 0 Å². The summed E-state index contributed by atoms with van der Waals surface area (Å²) in [5.74, 6) is -3.22. The summed E-state index contributed by atoms with van der Waals surface area (Å²) < 4.78 is 5.05. The first-order valence-corrected chi connectivity index (χ1v) is 6.42. The van der Waals surface area contributed by atoms with E-state index in [1.54, 1.807) is 24.3 Å². The molecule has 1 heterocycles. The topological polar surface area (TPSA) is 104 Å². The molecule has 1 aliphatic heterocycles. The maximum absolute atomic E-state index is 11.9. The van der Waals surface area contributed by atoms with Gasteiger partial charge in [-0.15, -0.1) is 0 Å². The lowest BCUT2D eigenvalue weighted by molar-refractivity contribution is -0.141. The van der Waals surface area contributed by atoms with Crippen molar-refractivity contribution < 1.29 is 29.3 Å². The van der Waals surface area contributed by atoms with Crippen LogP contribution in [0, 0.1) is 5.92 Å². The van der Waals surface area contributed by atoms with Crippen LogP contribution >= 0.6 is 0 Å². The molecule has 1 fully saturated rings. The van der Waals surface area contributed by atoms with Crippen molar-refractivity contribution >= 4 is 18.0 Å². The standard InChI is InChI=1S/C14H15NO6/c16-12(17)10-6-11(13(18)19)15(7-10)14(20)21-8-9-4-2-1-3-5-9/h1-5,10-11H,6-8H2,(H,16,17)(H,18,19)/t10-,11-/m0/s1. The third-order valence-corrected chi connectivity index (χ3v) is 3.38. The predicted octanol–water partition coefficient (Wildman–Crippen LogP) is 1.18. The predicted molar refractivity (Wildman–Crippen MR) is 70.5 cm³/mol. The summed E-state index contributed by atoms with van der Waals surface area (Å²) in [4.78, 5) is 35.0. The molecule has 0 saturated carbocycles. The molecular weight excluding hydrogens is 278 g/mol. The fourth-order valence-corrected chi connectivity index (χ4v) is 2.25. The molecule has 1 aromatic carbocycles. The molecule has 0 aromatic heterocycles. The average molecular weight is 293 g/mol. The van der Waals surface area contributed by atoms with Crippen LogP contribution in [0.4, 0.5) is 4.79 Å². The Morgan fingerprint density at radius 3 is 2.38 bits per heavy atom. The average Bonchev–Trinajstić information content (AvgIpc) is 2.91. The van der Waals surface area contributed by atoms with Crippen LogP contribution in [0.3, 0.4) is 0 Å². The molecule has 7 heteroatoms. The van der Waals surface area contributed by atoms with E-state index in [0.717, 1.165) is 10.5 Å². The van der Waals surface area contributed by atoms with Crippen molar-refractivity contribution in [3.05, 3.63) is 35.9 Å². The Balaban J connectivity index is 1.99. The van der Waals surface area contributed by atoms with E-state index < -0.39 is 30.0 Å². The maximum Gasteiger partial charge on any atom is 0.410 e. The van der Waals surface area contributed by atoms with Crippen LogP contribution in [0.2, 0.25) is 0 Å². The zero-order chi connectivity index (χ0) is 15.4. The SMILES string of the molecule is O=C(O)[C@H]1C[C@@H](C(=O)O)N(C(=O)OCc2ccccc2)C1. The van der Waals surface area contributed by atoms with Crippen molar-refractivity contribution in [2.24, 2.45) is 5.92 Å². The van der Waals surface area contributed by atoms with Crippen LogP contribution in [0.15, 0.2) is 30.3 Å². The van der Waals surface area contributed by atoms with Crippen LogP contribution in [-0.2, 0) is 20.9 Å². The van der Waals surface area contributed by atoms with E-state index in [0.29, 0.717) is 0 Å². The van der Waals surface area contributed by atoms with Crippen molar-refractivity contribution in [2.45, 2.75) is 19.1 Å². The summed E-state index contributed by atoms with van der Waals surface area (Å²) >= 11 is 0. The number of benzene rings is 1. The molecule has 2 atom stereocenters. The zero-order valence-electron chi connectivity index (χ0n) is 11.1. The lowest BCUT2D eigenvalue weighted by atomic mass is 10.1. The van der Waals surface area contributed by atoms with Gasteiger partial charge in [-0.05, 0) is 12.0 Å². The van der Waals surface area contributed by atoms with E-state index in [1.807, 2.05) is 6.07 Å². The molecule has 2 rings (SSSR count). The van der Waals surface area contributed by atoms with Crippen LogP contribution in [-0.4, -0.2) is 45.7 Å². The van der Waals surface area contributed by atoms with Gasteiger partial charge in [0.2, 0.25) is 0 Å². The highest BCUT2D eigenvalue weighted by atomic mass is 16.6. The van der Waals surface area contributed by atoms with E-state index in [4.69, 9.17) is 14.9 Å². The molecular formula is C14H15NO6. The first-order chi connectivity index (χ1) is 9.99. The second-order valence-electron chi connectivity index (χ2n) is 4.82. The van der Waals surface area contributed by atoms with Gasteiger partial charge in [-0.3, -0.25) is 9.69 Å². The summed E-state index contributed by atoms with van der Waals surface area (Å²) in [6.07, 6.45) is -0.916.